The molecule has 4 rings (SSSR count). The average molecular weight is 314 g/mol. The van der Waals surface area contributed by atoms with Crippen LogP contribution in [0.15, 0.2) is 59.0 Å². The molecule has 0 atom stereocenters. The van der Waals surface area contributed by atoms with Gasteiger partial charge in [-0.25, -0.2) is 0 Å². The van der Waals surface area contributed by atoms with Gasteiger partial charge in [0.25, 0.3) is 0 Å². The van der Waals surface area contributed by atoms with Crippen LogP contribution in [-0.4, -0.2) is 0 Å². The number of aryl methyl sites for hydroxylation is 1. The molecule has 1 heteroatoms. The molecule has 24 heavy (non-hydrogen) atoms. The van der Waals surface area contributed by atoms with Crippen LogP contribution in [0.25, 0.3) is 22.8 Å². The first-order valence-corrected chi connectivity index (χ1v) is 8.61. The van der Waals surface area contributed by atoms with E-state index >= 15 is 0 Å². The predicted octanol–water partition coefficient (Wildman–Crippen LogP) is 6.48. The summed E-state index contributed by atoms with van der Waals surface area (Å²) in [5.74, 6) is 2.52. The molecule has 0 saturated heterocycles. The fourth-order valence-electron chi connectivity index (χ4n) is 3.43. The van der Waals surface area contributed by atoms with Gasteiger partial charge in [-0.2, -0.15) is 0 Å². The third kappa shape index (κ3) is 2.60. The van der Waals surface area contributed by atoms with Crippen LogP contribution in [-0.2, 0) is 6.42 Å². The van der Waals surface area contributed by atoms with Crippen LogP contribution in [0, 0.1) is 6.92 Å². The zero-order chi connectivity index (χ0) is 16.7. The number of allylic oxidation sites excluding steroid dienone is 1. The molecule has 3 aromatic rings. The normalized spacial score (nSPS) is 13.2. The minimum absolute atomic E-state index is 0.564. The summed E-state index contributed by atoms with van der Waals surface area (Å²) in [6.07, 6.45) is 3.24. The minimum atomic E-state index is 0.564. The van der Waals surface area contributed by atoms with Gasteiger partial charge in [0.2, 0.25) is 0 Å². The van der Waals surface area contributed by atoms with Crippen molar-refractivity contribution in [3.63, 3.8) is 0 Å². The quantitative estimate of drug-likeness (QED) is 0.539. The molecule has 0 radical (unpaired) electrons. The molecule has 1 aliphatic rings. The van der Waals surface area contributed by atoms with Gasteiger partial charge in [-0.05, 0) is 64.4 Å². The van der Waals surface area contributed by atoms with E-state index in [-0.39, 0.29) is 0 Å². The van der Waals surface area contributed by atoms with Crippen LogP contribution in [0.4, 0.5) is 0 Å². The highest BCUT2D eigenvalue weighted by molar-refractivity contribution is 5.92. The highest BCUT2D eigenvalue weighted by Gasteiger charge is 2.19. The third-order valence-corrected chi connectivity index (χ3v) is 4.84. The van der Waals surface area contributed by atoms with Crippen LogP contribution in [0.5, 0.6) is 0 Å². The van der Waals surface area contributed by atoms with Crippen LogP contribution in [0.2, 0.25) is 0 Å². The second kappa shape index (κ2) is 5.83. The van der Waals surface area contributed by atoms with Gasteiger partial charge in [0.05, 0.1) is 0 Å². The smallest absolute Gasteiger partial charge is 0.130 e. The van der Waals surface area contributed by atoms with Gasteiger partial charge in [0, 0.05) is 6.42 Å². The van der Waals surface area contributed by atoms with E-state index in [2.05, 4.69) is 68.5 Å². The number of hydrogen-bond acceptors (Lipinski definition) is 1. The first-order valence-electron chi connectivity index (χ1n) is 8.61. The first kappa shape index (κ1) is 15.0. The Morgan fingerprint density at radius 1 is 0.917 bits per heavy atom. The Hall–Kier alpha value is -2.54. The Morgan fingerprint density at radius 2 is 1.71 bits per heavy atom. The van der Waals surface area contributed by atoms with Crippen LogP contribution < -0.4 is 0 Å². The van der Waals surface area contributed by atoms with Gasteiger partial charge in [-0.15, -0.1) is 0 Å². The maximum absolute atomic E-state index is 5.82. The van der Waals surface area contributed by atoms with E-state index in [1.165, 1.54) is 33.4 Å². The summed E-state index contributed by atoms with van der Waals surface area (Å²) in [5, 5.41) is 0. The van der Waals surface area contributed by atoms with Crippen molar-refractivity contribution in [1.82, 2.24) is 0 Å². The van der Waals surface area contributed by atoms with Crippen molar-refractivity contribution in [3.8, 4) is 11.1 Å². The van der Waals surface area contributed by atoms with Gasteiger partial charge < -0.3 is 4.42 Å². The molecule has 120 valence electrons. The number of rotatable bonds is 3. The van der Waals surface area contributed by atoms with Crippen LogP contribution in [0.1, 0.15) is 48.0 Å². The highest BCUT2D eigenvalue weighted by Crippen LogP contribution is 2.38. The van der Waals surface area contributed by atoms with Crippen molar-refractivity contribution < 1.29 is 4.42 Å². The van der Waals surface area contributed by atoms with Gasteiger partial charge >= 0.3 is 0 Å². The zero-order valence-electron chi connectivity index (χ0n) is 14.5. The van der Waals surface area contributed by atoms with Crippen molar-refractivity contribution in [2.45, 2.75) is 33.1 Å². The predicted molar refractivity (Wildman–Crippen MR) is 101 cm³/mol. The lowest BCUT2D eigenvalue weighted by molar-refractivity contribution is 0.521. The highest BCUT2D eigenvalue weighted by atomic mass is 16.3. The Morgan fingerprint density at radius 3 is 2.38 bits per heavy atom. The number of benzene rings is 2. The van der Waals surface area contributed by atoms with Gasteiger partial charge in [-0.3, -0.25) is 0 Å². The molecule has 1 aliphatic carbocycles. The molecule has 1 nitrogen and oxygen atoms in total. The van der Waals surface area contributed by atoms with E-state index in [1.54, 1.807) is 0 Å². The Balaban J connectivity index is 1.75. The van der Waals surface area contributed by atoms with Gasteiger partial charge in [0.15, 0.2) is 0 Å². The number of furan rings is 1. The van der Waals surface area contributed by atoms with Gasteiger partial charge in [-0.1, -0.05) is 56.3 Å². The molecular weight excluding hydrogens is 292 g/mol. The van der Waals surface area contributed by atoms with Crippen molar-refractivity contribution in [2.75, 3.05) is 0 Å². The summed E-state index contributed by atoms with van der Waals surface area (Å²) in [6.45, 7) is 6.46. The van der Waals surface area contributed by atoms with E-state index in [1.807, 2.05) is 13.0 Å². The molecule has 0 fully saturated rings. The van der Waals surface area contributed by atoms with E-state index in [0.717, 1.165) is 17.9 Å². The maximum Gasteiger partial charge on any atom is 0.130 e. The molecular formula is C23H22O. The van der Waals surface area contributed by atoms with E-state index in [9.17, 15) is 0 Å². The van der Waals surface area contributed by atoms with Crippen molar-refractivity contribution in [3.05, 3.63) is 82.8 Å². The molecule has 0 amide bonds. The Labute approximate surface area is 143 Å². The lowest BCUT2D eigenvalue weighted by atomic mass is 9.94. The van der Waals surface area contributed by atoms with Crippen LogP contribution in [0.3, 0.4) is 0 Å². The number of fused-ring (bicyclic) bond motifs is 1. The summed E-state index contributed by atoms with van der Waals surface area (Å²) in [5.41, 5.74) is 7.95. The fourth-order valence-corrected chi connectivity index (χ4v) is 3.43. The molecule has 0 bridgehead atoms. The average Bonchev–Trinajstić information content (AvgIpc) is 3.20. The minimum Gasteiger partial charge on any atom is -0.462 e. The van der Waals surface area contributed by atoms with Crippen molar-refractivity contribution in [2.24, 2.45) is 0 Å². The van der Waals surface area contributed by atoms with Gasteiger partial charge in [0.1, 0.15) is 11.5 Å². The largest absolute Gasteiger partial charge is 0.462 e. The van der Waals surface area contributed by atoms with Crippen molar-refractivity contribution in [1.29, 1.82) is 0 Å². The molecule has 0 unspecified atom stereocenters. The van der Waals surface area contributed by atoms with E-state index < -0.39 is 0 Å². The molecule has 1 heterocycles. The lowest BCUT2D eigenvalue weighted by Gasteiger charge is -2.10. The summed E-state index contributed by atoms with van der Waals surface area (Å²) in [4.78, 5) is 0. The summed E-state index contributed by atoms with van der Waals surface area (Å²) in [7, 11) is 0. The Kier molecular flexibility index (Phi) is 3.65. The molecule has 2 aromatic carbocycles. The number of hydrogen-bond donors (Lipinski definition) is 0. The lowest BCUT2D eigenvalue weighted by Crippen LogP contribution is -1.89. The molecule has 0 spiro atoms. The molecule has 0 N–H and O–H groups in total. The second-order valence-corrected chi connectivity index (χ2v) is 6.91. The SMILES string of the molecule is Cc1ccc(C2=Cc3c(cccc3-c3ccc(C(C)C)cc3)C2)o1. The topological polar surface area (TPSA) is 13.1 Å². The zero-order valence-corrected chi connectivity index (χ0v) is 14.5. The maximum atomic E-state index is 5.82. The first-order chi connectivity index (χ1) is 11.6. The van der Waals surface area contributed by atoms with E-state index in [0.29, 0.717) is 5.92 Å². The molecule has 0 aliphatic heterocycles. The fraction of sp³-hybridized carbons (Fsp3) is 0.217. The summed E-state index contributed by atoms with van der Waals surface area (Å²) >= 11 is 0. The van der Waals surface area contributed by atoms with E-state index in [4.69, 9.17) is 4.42 Å². The second-order valence-electron chi connectivity index (χ2n) is 6.91. The third-order valence-electron chi connectivity index (χ3n) is 4.84. The monoisotopic (exact) mass is 314 g/mol. The van der Waals surface area contributed by atoms with Crippen molar-refractivity contribution >= 4 is 11.6 Å². The standard InChI is InChI=1S/C23H22O/c1-15(2)17-8-10-18(11-9-17)21-6-4-5-19-13-20(14-22(19)21)23-12-7-16(3)24-23/h4-12,14-15H,13H2,1-3H3. The molecule has 1 aromatic heterocycles. The summed E-state index contributed by atoms with van der Waals surface area (Å²) < 4.78 is 5.82. The van der Waals surface area contributed by atoms with Crippen LogP contribution >= 0.6 is 0 Å². The summed E-state index contributed by atoms with van der Waals surface area (Å²) in [6, 6.07) is 19.7. The molecule has 0 saturated carbocycles. The Bertz CT molecular complexity index is 907.